The number of allylic oxidation sites excluding steroid dienone is 1. The van der Waals surface area contributed by atoms with Crippen LogP contribution in [0.4, 0.5) is 0 Å². The van der Waals surface area contributed by atoms with Crippen molar-refractivity contribution in [2.45, 2.75) is 45.4 Å². The minimum atomic E-state index is -0.716. The van der Waals surface area contributed by atoms with Crippen molar-refractivity contribution in [2.24, 2.45) is 0 Å². The number of esters is 1. The molecule has 0 unspecified atom stereocenters. The highest BCUT2D eigenvalue weighted by atomic mass is 16.5. The average molecular weight is 250 g/mol. The number of ketones is 1. The molecule has 0 radical (unpaired) electrons. The molecule has 0 atom stereocenters. The summed E-state index contributed by atoms with van der Waals surface area (Å²) in [5, 5.41) is 9.64. The molecule has 0 aliphatic carbocycles. The van der Waals surface area contributed by atoms with Crippen LogP contribution in [-0.4, -0.2) is 23.5 Å². The van der Waals surface area contributed by atoms with Crippen LogP contribution in [0, 0.1) is 11.8 Å². The molecule has 1 saturated heterocycles. The Labute approximate surface area is 107 Å². The molecule has 1 heterocycles. The first-order valence-electron chi connectivity index (χ1n) is 6.25. The lowest BCUT2D eigenvalue weighted by atomic mass is 10.1. The van der Waals surface area contributed by atoms with Gasteiger partial charge in [-0.3, -0.25) is 4.79 Å². The number of aliphatic hydroxyl groups is 1. The van der Waals surface area contributed by atoms with E-state index in [-0.39, 0.29) is 17.9 Å². The largest absolute Gasteiger partial charge is 0.511 e. The van der Waals surface area contributed by atoms with Crippen LogP contribution in [0.3, 0.4) is 0 Å². The predicted octanol–water partition coefficient (Wildman–Crippen LogP) is 2.29. The van der Waals surface area contributed by atoms with Gasteiger partial charge < -0.3 is 9.84 Å². The smallest absolute Gasteiger partial charge is 0.345 e. The summed E-state index contributed by atoms with van der Waals surface area (Å²) in [6.45, 7) is 1.86. The summed E-state index contributed by atoms with van der Waals surface area (Å²) >= 11 is 0. The van der Waals surface area contributed by atoms with Gasteiger partial charge in [0, 0.05) is 19.3 Å². The summed E-state index contributed by atoms with van der Waals surface area (Å²) in [5.74, 6) is 4.72. The van der Waals surface area contributed by atoms with Crippen molar-refractivity contribution in [1.29, 1.82) is 0 Å². The highest BCUT2D eigenvalue weighted by Crippen LogP contribution is 2.17. The summed E-state index contributed by atoms with van der Waals surface area (Å²) in [5.41, 5.74) is -0.186. The first-order valence-corrected chi connectivity index (χ1v) is 6.25. The second-order valence-electron chi connectivity index (χ2n) is 4.13. The monoisotopic (exact) mass is 250 g/mol. The lowest BCUT2D eigenvalue weighted by Crippen LogP contribution is -2.05. The van der Waals surface area contributed by atoms with Crippen molar-refractivity contribution in [3.05, 3.63) is 11.3 Å². The normalized spacial score (nSPS) is 17.2. The van der Waals surface area contributed by atoms with E-state index in [1.807, 2.05) is 0 Å². The molecule has 0 aromatic carbocycles. The Kier molecular flexibility index (Phi) is 5.99. The number of ether oxygens (including phenoxy) is 1. The number of cyclic esters (lactones) is 1. The minimum absolute atomic E-state index is 0.169. The number of rotatable bonds is 5. The molecule has 0 aromatic heterocycles. The number of carbonyl (C=O) groups excluding carboxylic acids is 2. The van der Waals surface area contributed by atoms with Crippen LogP contribution in [-0.2, 0) is 14.3 Å². The molecule has 1 aliphatic rings. The second-order valence-corrected chi connectivity index (χ2v) is 4.13. The lowest BCUT2D eigenvalue weighted by Gasteiger charge is -1.99. The van der Waals surface area contributed by atoms with Gasteiger partial charge in [-0.05, 0) is 12.8 Å². The molecule has 1 N–H and O–H groups in total. The van der Waals surface area contributed by atoms with Gasteiger partial charge in [-0.25, -0.2) is 4.79 Å². The van der Waals surface area contributed by atoms with Crippen LogP contribution in [0.5, 0.6) is 0 Å². The van der Waals surface area contributed by atoms with Crippen LogP contribution >= 0.6 is 0 Å². The summed E-state index contributed by atoms with van der Waals surface area (Å²) < 4.78 is 4.54. The van der Waals surface area contributed by atoms with Crippen molar-refractivity contribution < 1.29 is 19.4 Å². The summed E-state index contributed by atoms with van der Waals surface area (Å²) in [6.07, 6.45) is 4.71. The number of aliphatic hydroxyl groups excluding tert-OH is 1. The van der Waals surface area contributed by atoms with Crippen LogP contribution in [0.15, 0.2) is 11.3 Å². The fourth-order valence-corrected chi connectivity index (χ4v) is 1.58. The van der Waals surface area contributed by atoms with Crippen LogP contribution < -0.4 is 0 Å². The Morgan fingerprint density at radius 2 is 1.94 bits per heavy atom. The van der Waals surface area contributed by atoms with E-state index >= 15 is 0 Å². The Balaban J connectivity index is 2.34. The summed E-state index contributed by atoms with van der Waals surface area (Å²) in [7, 11) is 0. The highest BCUT2D eigenvalue weighted by Gasteiger charge is 2.31. The number of hydrogen-bond acceptors (Lipinski definition) is 4. The molecule has 0 spiro atoms. The predicted molar refractivity (Wildman–Crippen MR) is 66.8 cm³/mol. The molecule has 98 valence electrons. The van der Waals surface area contributed by atoms with Crippen molar-refractivity contribution in [3.63, 3.8) is 0 Å². The van der Waals surface area contributed by atoms with Crippen molar-refractivity contribution in [2.75, 3.05) is 6.61 Å². The van der Waals surface area contributed by atoms with Gasteiger partial charge in [-0.15, -0.1) is 11.8 Å². The third kappa shape index (κ3) is 4.25. The van der Waals surface area contributed by atoms with Crippen molar-refractivity contribution >= 4 is 11.8 Å². The average Bonchev–Trinajstić information content (AvgIpc) is 2.68. The second kappa shape index (κ2) is 7.54. The third-order valence-electron chi connectivity index (χ3n) is 2.60. The van der Waals surface area contributed by atoms with E-state index in [0.717, 1.165) is 19.3 Å². The van der Waals surface area contributed by atoms with Gasteiger partial charge in [-0.1, -0.05) is 13.3 Å². The Hall–Kier alpha value is -1.76. The third-order valence-corrected chi connectivity index (χ3v) is 2.60. The Morgan fingerprint density at radius 1 is 1.28 bits per heavy atom. The van der Waals surface area contributed by atoms with Gasteiger partial charge in [-0.2, -0.15) is 0 Å². The molecule has 1 rings (SSSR count). The molecule has 1 aliphatic heterocycles. The zero-order chi connectivity index (χ0) is 13.4. The SMILES string of the molecule is CCCCC#CCCC/C(O)=C1/C(=O)COC1=O. The van der Waals surface area contributed by atoms with Crippen LogP contribution in [0.25, 0.3) is 0 Å². The van der Waals surface area contributed by atoms with E-state index in [1.165, 1.54) is 0 Å². The Bertz CT molecular complexity index is 391. The van der Waals surface area contributed by atoms with Crippen LogP contribution in [0.2, 0.25) is 0 Å². The minimum Gasteiger partial charge on any atom is -0.511 e. The molecule has 4 nitrogen and oxygen atoms in total. The molecule has 4 heteroatoms. The standard InChI is InChI=1S/C14H18O4/c1-2-3-4-5-6-7-8-9-11(15)13-12(16)10-18-14(13)17/h15H,2-4,7-10H2,1H3/b13-11+. The number of carbonyl (C=O) groups is 2. The summed E-state index contributed by atoms with van der Waals surface area (Å²) in [6, 6.07) is 0. The van der Waals surface area contributed by atoms with Gasteiger partial charge in [0.05, 0.1) is 0 Å². The maximum Gasteiger partial charge on any atom is 0.345 e. The van der Waals surface area contributed by atoms with Gasteiger partial charge in [0.25, 0.3) is 0 Å². The maximum atomic E-state index is 11.2. The van der Waals surface area contributed by atoms with Gasteiger partial charge in [0.1, 0.15) is 11.3 Å². The van der Waals surface area contributed by atoms with Gasteiger partial charge in [0.2, 0.25) is 5.78 Å². The van der Waals surface area contributed by atoms with Crippen molar-refractivity contribution in [3.8, 4) is 11.8 Å². The molecule has 0 saturated carbocycles. The topological polar surface area (TPSA) is 63.6 Å². The molecule has 0 aromatic rings. The van der Waals surface area contributed by atoms with E-state index in [9.17, 15) is 14.7 Å². The van der Waals surface area contributed by atoms with E-state index in [4.69, 9.17) is 0 Å². The molecule has 0 bridgehead atoms. The van der Waals surface area contributed by atoms with E-state index < -0.39 is 11.8 Å². The highest BCUT2D eigenvalue weighted by molar-refractivity contribution is 6.22. The fourth-order valence-electron chi connectivity index (χ4n) is 1.58. The zero-order valence-electron chi connectivity index (χ0n) is 10.6. The number of hydrogen-bond donors (Lipinski definition) is 1. The van der Waals surface area contributed by atoms with E-state index in [2.05, 4.69) is 23.5 Å². The van der Waals surface area contributed by atoms with Crippen LogP contribution in [0.1, 0.15) is 45.4 Å². The van der Waals surface area contributed by atoms with Crippen molar-refractivity contribution in [1.82, 2.24) is 0 Å². The molecular formula is C14H18O4. The molecule has 1 fully saturated rings. The number of unbranched alkanes of at least 4 members (excludes halogenated alkanes) is 3. The molecular weight excluding hydrogens is 232 g/mol. The fraction of sp³-hybridized carbons (Fsp3) is 0.571. The van der Waals surface area contributed by atoms with Gasteiger partial charge >= 0.3 is 5.97 Å². The lowest BCUT2D eigenvalue weighted by molar-refractivity contribution is -0.135. The quantitative estimate of drug-likeness (QED) is 0.203. The maximum absolute atomic E-state index is 11.2. The zero-order valence-corrected chi connectivity index (χ0v) is 10.6. The first-order chi connectivity index (χ1) is 8.66. The summed E-state index contributed by atoms with van der Waals surface area (Å²) in [4.78, 5) is 22.4. The number of Topliss-reactive ketones (excluding diaryl/α,β-unsaturated/α-hetero) is 1. The van der Waals surface area contributed by atoms with E-state index in [0.29, 0.717) is 19.3 Å². The molecule has 0 amide bonds. The first kappa shape index (κ1) is 14.3. The Morgan fingerprint density at radius 3 is 2.50 bits per heavy atom. The molecule has 18 heavy (non-hydrogen) atoms. The van der Waals surface area contributed by atoms with E-state index in [1.54, 1.807) is 0 Å². The van der Waals surface area contributed by atoms with Gasteiger partial charge in [0.15, 0.2) is 6.61 Å².